The van der Waals surface area contributed by atoms with E-state index in [1.807, 2.05) is 6.07 Å². The molecule has 0 aromatic heterocycles. The van der Waals surface area contributed by atoms with E-state index >= 15 is 0 Å². The lowest BCUT2D eigenvalue weighted by Crippen LogP contribution is -2.67. The molecule has 0 unspecified atom stereocenters. The van der Waals surface area contributed by atoms with E-state index in [1.165, 1.54) is 31.7 Å². The molecular formula is C17H24ClFN2. The van der Waals surface area contributed by atoms with E-state index in [1.54, 1.807) is 6.07 Å². The topological polar surface area (TPSA) is 15.3 Å². The molecule has 2 aliphatic rings. The van der Waals surface area contributed by atoms with Gasteiger partial charge in [0, 0.05) is 30.7 Å². The highest BCUT2D eigenvalue weighted by atomic mass is 35.5. The summed E-state index contributed by atoms with van der Waals surface area (Å²) in [4.78, 5) is 2.54. The van der Waals surface area contributed by atoms with Crippen LogP contribution in [0.1, 0.15) is 45.1 Å². The highest BCUT2D eigenvalue weighted by molar-refractivity contribution is 6.31. The van der Waals surface area contributed by atoms with Gasteiger partial charge in [-0.3, -0.25) is 4.90 Å². The molecule has 21 heavy (non-hydrogen) atoms. The molecule has 1 aromatic rings. The van der Waals surface area contributed by atoms with Crippen molar-refractivity contribution in [2.24, 2.45) is 0 Å². The molecule has 1 saturated carbocycles. The zero-order valence-corrected chi connectivity index (χ0v) is 13.6. The van der Waals surface area contributed by atoms with Crippen LogP contribution in [-0.4, -0.2) is 29.1 Å². The van der Waals surface area contributed by atoms with Gasteiger partial charge in [0.15, 0.2) is 0 Å². The van der Waals surface area contributed by atoms with E-state index in [4.69, 9.17) is 11.6 Å². The Bertz CT molecular complexity index is 524. The van der Waals surface area contributed by atoms with Gasteiger partial charge in [-0.05, 0) is 38.3 Å². The van der Waals surface area contributed by atoms with Crippen molar-refractivity contribution in [1.29, 1.82) is 0 Å². The SMILES string of the molecule is CC1(C)CN(Cc2cccc(F)c2Cl)C2(CCCC2)CN1. The average Bonchev–Trinajstić information content (AvgIpc) is 2.89. The summed E-state index contributed by atoms with van der Waals surface area (Å²) in [6.07, 6.45) is 5.02. The summed E-state index contributed by atoms with van der Waals surface area (Å²) in [5.74, 6) is -0.316. The Morgan fingerprint density at radius 1 is 1.29 bits per heavy atom. The zero-order chi connectivity index (χ0) is 15.1. The van der Waals surface area contributed by atoms with Crippen molar-refractivity contribution < 1.29 is 4.39 Å². The second-order valence-electron chi connectivity index (χ2n) is 7.24. The van der Waals surface area contributed by atoms with Crippen LogP contribution in [0.15, 0.2) is 18.2 Å². The molecule has 4 heteroatoms. The Balaban J connectivity index is 1.87. The van der Waals surface area contributed by atoms with Gasteiger partial charge in [-0.1, -0.05) is 36.6 Å². The summed E-state index contributed by atoms with van der Waals surface area (Å²) in [5, 5.41) is 3.96. The standard InChI is InChI=1S/C17H24ClFN2/c1-16(2)12-21(17(11-20-16)8-3-4-9-17)10-13-6-5-7-14(19)15(13)18/h5-7,20H,3-4,8-12H2,1-2H3. The number of rotatable bonds is 2. The van der Waals surface area contributed by atoms with Crippen LogP contribution in [0.2, 0.25) is 5.02 Å². The van der Waals surface area contributed by atoms with Crippen LogP contribution in [0, 0.1) is 5.82 Å². The van der Waals surface area contributed by atoms with Crippen molar-refractivity contribution in [2.45, 2.75) is 57.2 Å². The first-order valence-electron chi connectivity index (χ1n) is 7.85. The maximum atomic E-state index is 13.7. The van der Waals surface area contributed by atoms with Crippen molar-refractivity contribution in [3.8, 4) is 0 Å². The van der Waals surface area contributed by atoms with Gasteiger partial charge < -0.3 is 5.32 Å². The molecule has 116 valence electrons. The second-order valence-corrected chi connectivity index (χ2v) is 7.62. The maximum absolute atomic E-state index is 13.7. The van der Waals surface area contributed by atoms with Gasteiger partial charge in [-0.15, -0.1) is 0 Å². The molecule has 1 aliphatic carbocycles. The van der Waals surface area contributed by atoms with Crippen LogP contribution in [0.3, 0.4) is 0 Å². The summed E-state index contributed by atoms with van der Waals surface area (Å²) in [6, 6.07) is 5.13. The van der Waals surface area contributed by atoms with Crippen molar-refractivity contribution in [1.82, 2.24) is 10.2 Å². The highest BCUT2D eigenvalue weighted by Crippen LogP contribution is 2.39. The molecule has 1 spiro atoms. The number of nitrogens with one attached hydrogen (secondary N) is 1. The molecular weight excluding hydrogens is 287 g/mol. The van der Waals surface area contributed by atoms with Crippen LogP contribution >= 0.6 is 11.6 Å². The lowest BCUT2D eigenvalue weighted by atomic mass is 9.86. The quantitative estimate of drug-likeness (QED) is 0.889. The van der Waals surface area contributed by atoms with Gasteiger partial charge in [-0.25, -0.2) is 4.39 Å². The maximum Gasteiger partial charge on any atom is 0.142 e. The summed E-state index contributed by atoms with van der Waals surface area (Å²) in [5.41, 5.74) is 1.22. The predicted octanol–water partition coefficient (Wildman–Crippen LogP) is 3.98. The molecule has 3 rings (SSSR count). The first-order valence-corrected chi connectivity index (χ1v) is 8.23. The van der Waals surface area contributed by atoms with Gasteiger partial charge >= 0.3 is 0 Å². The monoisotopic (exact) mass is 310 g/mol. The Kier molecular flexibility index (Phi) is 4.02. The number of nitrogens with zero attached hydrogens (tertiary/aromatic N) is 1. The fourth-order valence-electron chi connectivity index (χ4n) is 3.84. The molecule has 0 radical (unpaired) electrons. The normalized spacial score (nSPS) is 24.6. The van der Waals surface area contributed by atoms with Gasteiger partial charge in [0.05, 0.1) is 5.02 Å². The molecule has 0 atom stereocenters. The largest absolute Gasteiger partial charge is 0.309 e. The summed E-state index contributed by atoms with van der Waals surface area (Å²) in [7, 11) is 0. The number of hydrogen-bond donors (Lipinski definition) is 1. The first-order chi connectivity index (χ1) is 9.92. The number of halogens is 2. The van der Waals surface area contributed by atoms with E-state index in [0.29, 0.717) is 0 Å². The second kappa shape index (κ2) is 5.53. The van der Waals surface area contributed by atoms with Crippen LogP contribution < -0.4 is 5.32 Å². The first kappa shape index (κ1) is 15.3. The van der Waals surface area contributed by atoms with Gasteiger partial charge in [0.1, 0.15) is 5.82 Å². The summed E-state index contributed by atoms with van der Waals surface area (Å²) in [6.45, 7) is 7.19. The Hall–Kier alpha value is -0.640. The van der Waals surface area contributed by atoms with Crippen LogP contribution in [-0.2, 0) is 6.54 Å². The van der Waals surface area contributed by atoms with Gasteiger partial charge in [0.2, 0.25) is 0 Å². The minimum absolute atomic E-state index is 0.0909. The van der Waals surface area contributed by atoms with Crippen molar-refractivity contribution in [2.75, 3.05) is 13.1 Å². The Morgan fingerprint density at radius 3 is 2.71 bits per heavy atom. The molecule has 1 heterocycles. The van der Waals surface area contributed by atoms with E-state index in [9.17, 15) is 4.39 Å². The number of piperazine rings is 1. The fraction of sp³-hybridized carbons (Fsp3) is 0.647. The minimum Gasteiger partial charge on any atom is -0.309 e. The third kappa shape index (κ3) is 2.96. The van der Waals surface area contributed by atoms with Crippen molar-refractivity contribution in [3.05, 3.63) is 34.6 Å². The Morgan fingerprint density at radius 2 is 2.00 bits per heavy atom. The summed E-state index contributed by atoms with van der Waals surface area (Å²) >= 11 is 6.16. The smallest absolute Gasteiger partial charge is 0.142 e. The zero-order valence-electron chi connectivity index (χ0n) is 12.9. The van der Waals surface area contributed by atoms with E-state index in [2.05, 4.69) is 24.1 Å². The molecule has 1 saturated heterocycles. The minimum atomic E-state index is -0.316. The van der Waals surface area contributed by atoms with Crippen LogP contribution in [0.25, 0.3) is 0 Å². The molecule has 1 aromatic carbocycles. The van der Waals surface area contributed by atoms with E-state index in [0.717, 1.165) is 25.2 Å². The lowest BCUT2D eigenvalue weighted by Gasteiger charge is -2.51. The van der Waals surface area contributed by atoms with E-state index < -0.39 is 0 Å². The molecule has 0 bridgehead atoms. The number of benzene rings is 1. The molecule has 1 aliphatic heterocycles. The third-order valence-corrected chi connectivity index (χ3v) is 5.50. The van der Waals surface area contributed by atoms with E-state index in [-0.39, 0.29) is 21.9 Å². The molecule has 2 fully saturated rings. The highest BCUT2D eigenvalue weighted by Gasteiger charge is 2.45. The van der Waals surface area contributed by atoms with Crippen molar-refractivity contribution >= 4 is 11.6 Å². The van der Waals surface area contributed by atoms with Crippen LogP contribution in [0.4, 0.5) is 4.39 Å². The van der Waals surface area contributed by atoms with Gasteiger partial charge in [-0.2, -0.15) is 0 Å². The Labute approximate surface area is 131 Å². The predicted molar refractivity (Wildman–Crippen MR) is 85.1 cm³/mol. The molecule has 2 nitrogen and oxygen atoms in total. The lowest BCUT2D eigenvalue weighted by molar-refractivity contribution is 0.0121. The molecule has 0 amide bonds. The fourth-order valence-corrected chi connectivity index (χ4v) is 4.03. The summed E-state index contributed by atoms with van der Waals surface area (Å²) < 4.78 is 13.7. The van der Waals surface area contributed by atoms with Crippen LogP contribution in [0.5, 0.6) is 0 Å². The van der Waals surface area contributed by atoms with Crippen molar-refractivity contribution in [3.63, 3.8) is 0 Å². The van der Waals surface area contributed by atoms with Gasteiger partial charge in [0.25, 0.3) is 0 Å². The molecule has 1 N–H and O–H groups in total. The average molecular weight is 311 g/mol. The number of hydrogen-bond acceptors (Lipinski definition) is 2. The third-order valence-electron chi connectivity index (χ3n) is 5.08.